The van der Waals surface area contributed by atoms with Crippen molar-refractivity contribution in [3.8, 4) is 0 Å². The predicted octanol–water partition coefficient (Wildman–Crippen LogP) is 0.192. The number of alkyl halides is 3. The SMILES string of the molecule is O=C(O)C(F)(F)F.O=S(=O)(N[C@H]1CCNC1)c1ccc(N2CCOCC2)nc1. The summed E-state index contributed by atoms with van der Waals surface area (Å²) in [6.45, 7) is 4.45. The molecule has 1 aromatic rings. The maximum atomic E-state index is 12.3. The van der Waals surface area contributed by atoms with Crippen molar-refractivity contribution in [1.29, 1.82) is 0 Å². The minimum absolute atomic E-state index is 0.0334. The lowest BCUT2D eigenvalue weighted by atomic mass is 10.3. The Hall–Kier alpha value is -1.96. The summed E-state index contributed by atoms with van der Waals surface area (Å²) in [5.74, 6) is -1.97. The summed E-state index contributed by atoms with van der Waals surface area (Å²) in [6, 6.07) is 3.34. The van der Waals surface area contributed by atoms with Crippen LogP contribution >= 0.6 is 0 Å². The summed E-state index contributed by atoms with van der Waals surface area (Å²) in [7, 11) is -3.49. The number of anilines is 1. The van der Waals surface area contributed by atoms with Gasteiger partial charge in [0.25, 0.3) is 0 Å². The van der Waals surface area contributed by atoms with Gasteiger partial charge in [0.1, 0.15) is 10.7 Å². The molecular formula is C15H21F3N4O5S. The summed E-state index contributed by atoms with van der Waals surface area (Å²) in [4.78, 5) is 15.5. The molecule has 2 aliphatic rings. The van der Waals surface area contributed by atoms with Gasteiger partial charge in [-0.3, -0.25) is 0 Å². The number of hydrogen-bond acceptors (Lipinski definition) is 7. The summed E-state index contributed by atoms with van der Waals surface area (Å²) in [6.07, 6.45) is -2.84. The van der Waals surface area contributed by atoms with E-state index in [1.807, 2.05) is 0 Å². The van der Waals surface area contributed by atoms with Crippen molar-refractivity contribution in [3.05, 3.63) is 18.3 Å². The number of aliphatic carboxylic acids is 1. The molecule has 2 aliphatic heterocycles. The highest BCUT2D eigenvalue weighted by atomic mass is 32.2. The molecule has 0 aliphatic carbocycles. The number of morpholine rings is 1. The monoisotopic (exact) mass is 426 g/mol. The first-order chi connectivity index (χ1) is 13.1. The van der Waals surface area contributed by atoms with E-state index in [1.54, 1.807) is 12.1 Å². The van der Waals surface area contributed by atoms with E-state index in [-0.39, 0.29) is 10.9 Å². The minimum atomic E-state index is -5.08. The second-order valence-corrected chi connectivity index (χ2v) is 7.78. The molecule has 1 aromatic heterocycles. The molecule has 28 heavy (non-hydrogen) atoms. The molecule has 0 unspecified atom stereocenters. The first-order valence-corrected chi connectivity index (χ1v) is 9.90. The Kier molecular flexibility index (Phi) is 7.57. The van der Waals surface area contributed by atoms with Crippen LogP contribution in [0.4, 0.5) is 19.0 Å². The van der Waals surface area contributed by atoms with Gasteiger partial charge in [-0.15, -0.1) is 0 Å². The molecule has 3 rings (SSSR count). The van der Waals surface area contributed by atoms with Crippen molar-refractivity contribution in [3.63, 3.8) is 0 Å². The molecule has 3 heterocycles. The Labute approximate surface area is 159 Å². The average Bonchev–Trinajstić information content (AvgIpc) is 3.14. The Balaban J connectivity index is 0.000000345. The summed E-state index contributed by atoms with van der Waals surface area (Å²) < 4.78 is 64.3. The number of carboxylic acids is 1. The van der Waals surface area contributed by atoms with Gasteiger partial charge in [-0.05, 0) is 25.1 Å². The van der Waals surface area contributed by atoms with Gasteiger partial charge in [-0.25, -0.2) is 22.9 Å². The lowest BCUT2D eigenvalue weighted by Gasteiger charge is -2.27. The maximum absolute atomic E-state index is 12.3. The molecule has 0 spiro atoms. The highest BCUT2D eigenvalue weighted by molar-refractivity contribution is 7.89. The number of sulfonamides is 1. The Morgan fingerprint density at radius 3 is 2.43 bits per heavy atom. The molecule has 2 saturated heterocycles. The highest BCUT2D eigenvalue weighted by Crippen LogP contribution is 2.16. The van der Waals surface area contributed by atoms with Gasteiger partial charge in [0.2, 0.25) is 10.0 Å². The predicted molar refractivity (Wildman–Crippen MR) is 92.6 cm³/mol. The molecule has 3 N–H and O–H groups in total. The van der Waals surface area contributed by atoms with Crippen molar-refractivity contribution in [2.24, 2.45) is 0 Å². The normalized spacial score (nSPS) is 20.4. The van der Waals surface area contributed by atoms with Gasteiger partial charge in [-0.2, -0.15) is 13.2 Å². The van der Waals surface area contributed by atoms with Crippen LogP contribution in [0.25, 0.3) is 0 Å². The van der Waals surface area contributed by atoms with E-state index in [0.717, 1.165) is 31.9 Å². The first kappa shape index (κ1) is 22.3. The van der Waals surface area contributed by atoms with Gasteiger partial charge in [0.05, 0.1) is 13.2 Å². The fraction of sp³-hybridized carbons (Fsp3) is 0.600. The van der Waals surface area contributed by atoms with Crippen LogP contribution in [-0.4, -0.2) is 76.1 Å². The van der Waals surface area contributed by atoms with Crippen molar-refractivity contribution >= 4 is 21.8 Å². The number of aromatic nitrogens is 1. The molecule has 9 nitrogen and oxygen atoms in total. The molecule has 2 fully saturated rings. The third kappa shape index (κ3) is 6.58. The average molecular weight is 426 g/mol. The van der Waals surface area contributed by atoms with Gasteiger partial charge in [0.15, 0.2) is 0 Å². The number of ether oxygens (including phenoxy) is 1. The molecule has 0 bridgehead atoms. The standard InChI is InChI=1S/C13H20N4O3S.C2HF3O2/c18-21(19,16-11-3-4-14-9-11)12-1-2-13(15-10-12)17-5-7-20-8-6-17;3-2(4,5)1(6)7/h1-2,10-11,14,16H,3-9H2;(H,6,7)/t11-;/m0./s1. The summed E-state index contributed by atoms with van der Waals surface area (Å²) >= 11 is 0. The topological polar surface area (TPSA) is 121 Å². The van der Waals surface area contributed by atoms with Crippen LogP contribution in [0.15, 0.2) is 23.2 Å². The van der Waals surface area contributed by atoms with E-state index in [0.29, 0.717) is 19.8 Å². The smallest absolute Gasteiger partial charge is 0.475 e. The molecule has 0 aromatic carbocycles. The molecule has 13 heteroatoms. The fourth-order valence-electron chi connectivity index (χ4n) is 2.55. The third-order valence-electron chi connectivity index (χ3n) is 3.99. The number of carbonyl (C=O) groups is 1. The van der Waals surface area contributed by atoms with E-state index in [9.17, 15) is 21.6 Å². The Bertz CT molecular complexity index is 746. The van der Waals surface area contributed by atoms with Crippen molar-refractivity contribution in [2.75, 3.05) is 44.3 Å². The zero-order chi connectivity index (χ0) is 20.8. The van der Waals surface area contributed by atoms with Gasteiger partial charge in [0, 0.05) is 31.9 Å². The number of nitrogens with one attached hydrogen (secondary N) is 2. The van der Waals surface area contributed by atoms with Crippen molar-refractivity contribution in [2.45, 2.75) is 23.5 Å². The number of carboxylic acid groups (broad SMARTS) is 1. The van der Waals surface area contributed by atoms with E-state index in [1.165, 1.54) is 6.20 Å². The van der Waals surface area contributed by atoms with Crippen LogP contribution in [0, 0.1) is 0 Å². The maximum Gasteiger partial charge on any atom is 0.490 e. The van der Waals surface area contributed by atoms with Crippen LogP contribution in [0.5, 0.6) is 0 Å². The number of halogens is 3. The lowest BCUT2D eigenvalue weighted by molar-refractivity contribution is -0.192. The van der Waals surface area contributed by atoms with Crippen molar-refractivity contribution in [1.82, 2.24) is 15.0 Å². The summed E-state index contributed by atoms with van der Waals surface area (Å²) in [5, 5.41) is 10.3. The Morgan fingerprint density at radius 2 is 1.96 bits per heavy atom. The van der Waals surface area contributed by atoms with Gasteiger partial charge >= 0.3 is 12.1 Å². The van der Waals surface area contributed by atoms with Crippen LogP contribution < -0.4 is 14.9 Å². The molecular weight excluding hydrogens is 405 g/mol. The molecule has 1 atom stereocenters. The van der Waals surface area contributed by atoms with E-state index in [4.69, 9.17) is 14.6 Å². The zero-order valence-electron chi connectivity index (χ0n) is 14.8. The van der Waals surface area contributed by atoms with E-state index >= 15 is 0 Å². The number of pyridine rings is 1. The van der Waals surface area contributed by atoms with Crippen molar-refractivity contribution < 1.29 is 36.2 Å². The zero-order valence-corrected chi connectivity index (χ0v) is 15.6. The van der Waals surface area contributed by atoms with Crippen LogP contribution in [0.2, 0.25) is 0 Å². The van der Waals surface area contributed by atoms with Gasteiger partial charge < -0.3 is 20.1 Å². The van der Waals surface area contributed by atoms with Gasteiger partial charge in [-0.1, -0.05) is 0 Å². The Morgan fingerprint density at radius 1 is 1.32 bits per heavy atom. The van der Waals surface area contributed by atoms with Crippen LogP contribution in [-0.2, 0) is 19.6 Å². The third-order valence-corrected chi connectivity index (χ3v) is 5.50. The van der Waals surface area contributed by atoms with Crippen LogP contribution in [0.3, 0.4) is 0 Å². The first-order valence-electron chi connectivity index (χ1n) is 8.41. The largest absolute Gasteiger partial charge is 0.490 e. The number of hydrogen-bond donors (Lipinski definition) is 3. The minimum Gasteiger partial charge on any atom is -0.475 e. The fourth-order valence-corrected chi connectivity index (χ4v) is 3.77. The second-order valence-electron chi connectivity index (χ2n) is 6.07. The molecule has 158 valence electrons. The summed E-state index contributed by atoms with van der Waals surface area (Å²) in [5.41, 5.74) is 0. The lowest BCUT2D eigenvalue weighted by Crippen LogP contribution is -2.37. The highest BCUT2D eigenvalue weighted by Gasteiger charge is 2.38. The van der Waals surface area contributed by atoms with Crippen LogP contribution in [0.1, 0.15) is 6.42 Å². The van der Waals surface area contributed by atoms with E-state index in [2.05, 4.69) is 19.9 Å². The molecule has 0 radical (unpaired) electrons. The van der Waals surface area contributed by atoms with E-state index < -0.39 is 22.2 Å². The second kappa shape index (κ2) is 9.49. The quantitative estimate of drug-likeness (QED) is 0.624. The molecule has 0 saturated carbocycles. The molecule has 0 amide bonds. The number of rotatable bonds is 4. The number of nitrogens with zero attached hydrogens (tertiary/aromatic N) is 2.